The van der Waals surface area contributed by atoms with Gasteiger partial charge >= 0.3 is 5.97 Å². The second-order valence-corrected chi connectivity index (χ2v) is 5.02. The van der Waals surface area contributed by atoms with Crippen molar-refractivity contribution in [2.24, 2.45) is 5.92 Å². The van der Waals surface area contributed by atoms with Crippen molar-refractivity contribution in [1.82, 2.24) is 10.6 Å². The molecule has 0 aromatic heterocycles. The van der Waals surface area contributed by atoms with Crippen molar-refractivity contribution >= 4 is 11.9 Å². The summed E-state index contributed by atoms with van der Waals surface area (Å²) in [4.78, 5) is 22.9. The third kappa shape index (κ3) is 4.25. The molecule has 3 N–H and O–H groups in total. The quantitative estimate of drug-likeness (QED) is 0.566. The van der Waals surface area contributed by atoms with Crippen molar-refractivity contribution < 1.29 is 14.7 Å². The fourth-order valence-corrected chi connectivity index (χ4v) is 2.07. The Balaban J connectivity index is 2.46. The van der Waals surface area contributed by atoms with Gasteiger partial charge in [-0.2, -0.15) is 0 Å². The SMILES string of the molecule is C#CC(CC)(CC)NC(=O)CNC(C(=O)O)C1CC1. The molecule has 19 heavy (non-hydrogen) atoms. The molecule has 1 amide bonds. The average Bonchev–Trinajstić information content (AvgIpc) is 3.20. The summed E-state index contributed by atoms with van der Waals surface area (Å²) in [5.41, 5.74) is -0.628. The number of aliphatic carboxylic acids is 1. The molecule has 1 aliphatic carbocycles. The fraction of sp³-hybridized carbons (Fsp3) is 0.714. The molecule has 0 radical (unpaired) electrons. The lowest BCUT2D eigenvalue weighted by molar-refractivity contribution is -0.140. The van der Waals surface area contributed by atoms with E-state index in [0.717, 1.165) is 12.8 Å². The Labute approximate surface area is 114 Å². The van der Waals surface area contributed by atoms with Gasteiger partial charge in [-0.3, -0.25) is 14.9 Å². The zero-order valence-electron chi connectivity index (χ0n) is 11.5. The van der Waals surface area contributed by atoms with Gasteiger partial charge in [-0.05, 0) is 31.6 Å². The highest BCUT2D eigenvalue weighted by Crippen LogP contribution is 2.32. The Morgan fingerprint density at radius 2 is 2.00 bits per heavy atom. The van der Waals surface area contributed by atoms with E-state index in [1.165, 1.54) is 0 Å². The molecule has 0 aliphatic heterocycles. The summed E-state index contributed by atoms with van der Waals surface area (Å²) in [7, 11) is 0. The van der Waals surface area contributed by atoms with Crippen LogP contribution in [0, 0.1) is 18.3 Å². The molecule has 1 rings (SSSR count). The van der Waals surface area contributed by atoms with Crippen molar-refractivity contribution in [3.8, 4) is 12.3 Å². The Hall–Kier alpha value is -1.54. The third-order valence-corrected chi connectivity index (χ3v) is 3.70. The van der Waals surface area contributed by atoms with Crippen LogP contribution in [0.3, 0.4) is 0 Å². The van der Waals surface area contributed by atoms with Crippen LogP contribution in [-0.2, 0) is 9.59 Å². The Morgan fingerprint density at radius 3 is 2.37 bits per heavy atom. The highest BCUT2D eigenvalue weighted by Gasteiger charge is 2.36. The van der Waals surface area contributed by atoms with E-state index < -0.39 is 17.6 Å². The summed E-state index contributed by atoms with van der Waals surface area (Å²) in [5.74, 6) is 1.61. The van der Waals surface area contributed by atoms with Crippen LogP contribution in [0.5, 0.6) is 0 Å². The van der Waals surface area contributed by atoms with Crippen LogP contribution in [0.4, 0.5) is 0 Å². The van der Waals surface area contributed by atoms with Gasteiger partial charge in [0.1, 0.15) is 11.6 Å². The smallest absolute Gasteiger partial charge is 0.320 e. The molecular weight excluding hydrogens is 244 g/mol. The number of carbonyl (C=O) groups excluding carboxylic acids is 1. The largest absolute Gasteiger partial charge is 0.480 e. The molecule has 1 atom stereocenters. The van der Waals surface area contributed by atoms with Gasteiger partial charge in [0, 0.05) is 0 Å². The summed E-state index contributed by atoms with van der Waals surface area (Å²) in [6, 6.07) is -0.630. The van der Waals surface area contributed by atoms with E-state index in [2.05, 4.69) is 16.6 Å². The van der Waals surface area contributed by atoms with Gasteiger partial charge in [0.25, 0.3) is 0 Å². The van der Waals surface area contributed by atoms with E-state index in [1.807, 2.05) is 13.8 Å². The number of hydrogen-bond donors (Lipinski definition) is 3. The molecule has 1 aliphatic rings. The van der Waals surface area contributed by atoms with Gasteiger partial charge in [0.2, 0.25) is 5.91 Å². The second kappa shape index (κ2) is 6.58. The zero-order chi connectivity index (χ0) is 14.5. The van der Waals surface area contributed by atoms with Gasteiger partial charge < -0.3 is 10.4 Å². The van der Waals surface area contributed by atoms with Gasteiger partial charge in [-0.25, -0.2) is 0 Å². The number of hydrogen-bond acceptors (Lipinski definition) is 3. The fourth-order valence-electron chi connectivity index (χ4n) is 2.07. The summed E-state index contributed by atoms with van der Waals surface area (Å²) < 4.78 is 0. The number of nitrogens with one attached hydrogen (secondary N) is 2. The van der Waals surface area contributed by atoms with E-state index in [1.54, 1.807) is 0 Å². The molecule has 5 nitrogen and oxygen atoms in total. The van der Waals surface area contributed by atoms with E-state index >= 15 is 0 Å². The van der Waals surface area contributed by atoms with Crippen molar-refractivity contribution in [1.29, 1.82) is 0 Å². The first-order valence-electron chi connectivity index (χ1n) is 6.73. The van der Waals surface area contributed by atoms with Gasteiger partial charge in [-0.1, -0.05) is 19.8 Å². The Bertz CT molecular complexity index is 379. The standard InChI is InChI=1S/C14H22N2O3/c1-4-14(5-2,6-3)16-11(17)9-15-12(13(18)19)10-7-8-10/h1,10,12,15H,5-9H2,2-3H3,(H,16,17)(H,18,19). The number of carboxylic acids is 1. The molecule has 0 saturated heterocycles. The predicted octanol–water partition coefficient (Wildman–Crippen LogP) is 0.747. The minimum Gasteiger partial charge on any atom is -0.480 e. The highest BCUT2D eigenvalue weighted by molar-refractivity contribution is 5.81. The van der Waals surface area contributed by atoms with Crippen LogP contribution < -0.4 is 10.6 Å². The number of amides is 1. The topological polar surface area (TPSA) is 78.4 Å². The van der Waals surface area contributed by atoms with Gasteiger partial charge in [0.05, 0.1) is 6.54 Å². The predicted molar refractivity (Wildman–Crippen MR) is 72.4 cm³/mol. The Morgan fingerprint density at radius 1 is 1.42 bits per heavy atom. The third-order valence-electron chi connectivity index (χ3n) is 3.70. The summed E-state index contributed by atoms with van der Waals surface area (Å²) in [6.45, 7) is 3.82. The molecular formula is C14H22N2O3. The van der Waals surface area contributed by atoms with E-state index in [9.17, 15) is 9.59 Å². The molecule has 1 unspecified atom stereocenters. The Kier molecular flexibility index (Phi) is 5.37. The maximum atomic E-state index is 11.8. The number of carbonyl (C=O) groups is 2. The van der Waals surface area contributed by atoms with Crippen molar-refractivity contribution in [3.63, 3.8) is 0 Å². The van der Waals surface area contributed by atoms with Gasteiger partial charge in [-0.15, -0.1) is 6.42 Å². The van der Waals surface area contributed by atoms with Crippen LogP contribution in [0.1, 0.15) is 39.5 Å². The first-order valence-corrected chi connectivity index (χ1v) is 6.73. The lowest BCUT2D eigenvalue weighted by atomic mass is 9.94. The van der Waals surface area contributed by atoms with Crippen LogP contribution in [0.15, 0.2) is 0 Å². The molecule has 1 fully saturated rings. The van der Waals surface area contributed by atoms with Crippen LogP contribution in [0.2, 0.25) is 0 Å². The number of carboxylic acid groups (broad SMARTS) is 1. The molecule has 0 bridgehead atoms. The van der Waals surface area contributed by atoms with E-state index in [4.69, 9.17) is 11.5 Å². The molecule has 5 heteroatoms. The highest BCUT2D eigenvalue weighted by atomic mass is 16.4. The van der Waals surface area contributed by atoms with Crippen LogP contribution >= 0.6 is 0 Å². The first-order chi connectivity index (χ1) is 8.98. The second-order valence-electron chi connectivity index (χ2n) is 5.02. The van der Waals surface area contributed by atoms with Crippen LogP contribution in [0.25, 0.3) is 0 Å². The van der Waals surface area contributed by atoms with E-state index in [0.29, 0.717) is 12.8 Å². The summed E-state index contributed by atoms with van der Waals surface area (Å²) in [6.07, 6.45) is 8.57. The minimum atomic E-state index is -0.899. The number of terminal acetylenes is 1. The monoisotopic (exact) mass is 266 g/mol. The minimum absolute atomic E-state index is 0.0170. The summed E-state index contributed by atoms with van der Waals surface area (Å²) in [5, 5.41) is 14.6. The van der Waals surface area contributed by atoms with Crippen molar-refractivity contribution in [2.75, 3.05) is 6.54 Å². The maximum absolute atomic E-state index is 11.8. The van der Waals surface area contributed by atoms with Gasteiger partial charge in [0.15, 0.2) is 0 Å². The maximum Gasteiger partial charge on any atom is 0.320 e. The lowest BCUT2D eigenvalue weighted by Gasteiger charge is -2.27. The zero-order valence-corrected chi connectivity index (χ0v) is 11.5. The molecule has 0 aromatic carbocycles. The van der Waals surface area contributed by atoms with E-state index in [-0.39, 0.29) is 18.4 Å². The van der Waals surface area contributed by atoms with Crippen LogP contribution in [-0.4, -0.2) is 35.1 Å². The normalized spacial score (nSPS) is 16.5. The molecule has 106 valence electrons. The number of rotatable bonds is 8. The lowest BCUT2D eigenvalue weighted by Crippen LogP contribution is -2.51. The molecule has 0 spiro atoms. The molecule has 0 heterocycles. The first kappa shape index (κ1) is 15.5. The molecule has 0 aromatic rings. The molecule has 1 saturated carbocycles. The summed E-state index contributed by atoms with van der Waals surface area (Å²) >= 11 is 0. The van der Waals surface area contributed by atoms with Crippen molar-refractivity contribution in [3.05, 3.63) is 0 Å². The van der Waals surface area contributed by atoms with Crippen molar-refractivity contribution in [2.45, 2.75) is 51.1 Å². The average molecular weight is 266 g/mol.